The number of carbonyl (C=O) groups is 1. The number of benzene rings is 2. The van der Waals surface area contributed by atoms with Crippen LogP contribution in [0.2, 0.25) is 0 Å². The topological polar surface area (TPSA) is 55.1 Å². The van der Waals surface area contributed by atoms with Crippen LogP contribution in [-0.2, 0) is 11.2 Å². The van der Waals surface area contributed by atoms with Crippen molar-refractivity contribution in [1.29, 1.82) is 0 Å². The van der Waals surface area contributed by atoms with Gasteiger partial charge in [-0.25, -0.2) is 8.78 Å². The summed E-state index contributed by atoms with van der Waals surface area (Å²) in [5.41, 5.74) is 7.84. The number of nitrogen functional groups attached to an aromatic ring is 1. The highest BCUT2D eigenvalue weighted by Gasteiger charge is 2.45. The zero-order valence-corrected chi connectivity index (χ0v) is 12.6. The molecule has 2 atom stereocenters. The van der Waals surface area contributed by atoms with Crippen molar-refractivity contribution in [1.82, 2.24) is 5.32 Å². The van der Waals surface area contributed by atoms with Crippen molar-refractivity contribution < 1.29 is 13.6 Å². The average Bonchev–Trinajstić information content (AvgIpc) is 3.29. The molecule has 2 aromatic carbocycles. The standard InChI is InChI=1S/C18H18F2N2O/c19-12-3-6-14(17(20)9-12)15-10-16(15)18(23)22-8-7-11-1-4-13(21)5-2-11/h1-6,9,15-16H,7-8,10,21H2,(H,22,23). The van der Waals surface area contributed by atoms with Gasteiger partial charge in [-0.1, -0.05) is 18.2 Å². The zero-order chi connectivity index (χ0) is 16.4. The lowest BCUT2D eigenvalue weighted by Gasteiger charge is -2.06. The molecular formula is C18H18F2N2O. The van der Waals surface area contributed by atoms with Crippen LogP contribution in [0.3, 0.4) is 0 Å². The molecule has 23 heavy (non-hydrogen) atoms. The minimum Gasteiger partial charge on any atom is -0.399 e. The zero-order valence-electron chi connectivity index (χ0n) is 12.6. The average molecular weight is 316 g/mol. The smallest absolute Gasteiger partial charge is 0.223 e. The van der Waals surface area contributed by atoms with E-state index < -0.39 is 11.6 Å². The normalized spacial score (nSPS) is 19.4. The number of nitrogens with two attached hydrogens (primary N) is 1. The van der Waals surface area contributed by atoms with Gasteiger partial charge in [-0.2, -0.15) is 0 Å². The molecule has 3 nitrogen and oxygen atoms in total. The van der Waals surface area contributed by atoms with E-state index in [9.17, 15) is 13.6 Å². The lowest BCUT2D eigenvalue weighted by Crippen LogP contribution is -2.27. The van der Waals surface area contributed by atoms with Gasteiger partial charge in [0.25, 0.3) is 0 Å². The molecule has 3 N–H and O–H groups in total. The van der Waals surface area contributed by atoms with Crippen LogP contribution in [0.25, 0.3) is 0 Å². The summed E-state index contributed by atoms with van der Waals surface area (Å²) in [7, 11) is 0. The summed E-state index contributed by atoms with van der Waals surface area (Å²) in [6.45, 7) is 0.526. The predicted molar refractivity (Wildman–Crippen MR) is 84.8 cm³/mol. The molecule has 2 aromatic rings. The van der Waals surface area contributed by atoms with E-state index in [1.54, 1.807) is 0 Å². The number of hydrogen-bond acceptors (Lipinski definition) is 2. The summed E-state index contributed by atoms with van der Waals surface area (Å²) in [5.74, 6) is -1.62. The first-order valence-electron chi connectivity index (χ1n) is 7.61. The van der Waals surface area contributed by atoms with Gasteiger partial charge in [0.15, 0.2) is 0 Å². The molecule has 5 heteroatoms. The van der Waals surface area contributed by atoms with Crippen molar-refractivity contribution in [3.8, 4) is 0 Å². The summed E-state index contributed by atoms with van der Waals surface area (Å²) in [5, 5.41) is 2.87. The van der Waals surface area contributed by atoms with Gasteiger partial charge in [-0.05, 0) is 48.1 Å². The van der Waals surface area contributed by atoms with Crippen molar-refractivity contribution in [2.45, 2.75) is 18.8 Å². The Morgan fingerprint density at radius 3 is 2.61 bits per heavy atom. The van der Waals surface area contributed by atoms with Crippen molar-refractivity contribution >= 4 is 11.6 Å². The Morgan fingerprint density at radius 1 is 1.17 bits per heavy atom. The number of rotatable bonds is 5. The van der Waals surface area contributed by atoms with Crippen molar-refractivity contribution in [2.24, 2.45) is 5.92 Å². The molecule has 1 aliphatic rings. The van der Waals surface area contributed by atoms with Crippen LogP contribution in [-0.4, -0.2) is 12.5 Å². The molecule has 0 saturated heterocycles. The van der Waals surface area contributed by atoms with E-state index >= 15 is 0 Å². The second-order valence-corrected chi connectivity index (χ2v) is 5.90. The second-order valence-electron chi connectivity index (χ2n) is 5.90. The van der Waals surface area contributed by atoms with Crippen molar-refractivity contribution in [2.75, 3.05) is 12.3 Å². The van der Waals surface area contributed by atoms with Crippen LogP contribution in [0.1, 0.15) is 23.5 Å². The van der Waals surface area contributed by atoms with Crippen LogP contribution in [0, 0.1) is 17.6 Å². The van der Waals surface area contributed by atoms with E-state index in [0.717, 1.165) is 11.6 Å². The highest BCUT2D eigenvalue weighted by molar-refractivity contribution is 5.82. The van der Waals surface area contributed by atoms with E-state index in [-0.39, 0.29) is 17.7 Å². The lowest BCUT2D eigenvalue weighted by molar-refractivity contribution is -0.122. The van der Waals surface area contributed by atoms with Gasteiger partial charge >= 0.3 is 0 Å². The van der Waals surface area contributed by atoms with Gasteiger partial charge < -0.3 is 11.1 Å². The largest absolute Gasteiger partial charge is 0.399 e. The van der Waals surface area contributed by atoms with Gasteiger partial charge in [-0.15, -0.1) is 0 Å². The van der Waals surface area contributed by atoms with Gasteiger partial charge in [0.1, 0.15) is 11.6 Å². The highest BCUT2D eigenvalue weighted by atomic mass is 19.1. The van der Waals surface area contributed by atoms with Gasteiger partial charge in [0.05, 0.1) is 0 Å². The molecule has 0 aromatic heterocycles. The molecule has 1 fully saturated rings. The Kier molecular flexibility index (Phi) is 4.28. The monoisotopic (exact) mass is 316 g/mol. The fourth-order valence-electron chi connectivity index (χ4n) is 2.78. The van der Waals surface area contributed by atoms with Crippen molar-refractivity contribution in [3.05, 3.63) is 65.2 Å². The summed E-state index contributed by atoms with van der Waals surface area (Å²) in [6.07, 6.45) is 1.32. The first-order chi connectivity index (χ1) is 11.0. The number of hydrogen-bond donors (Lipinski definition) is 2. The molecule has 0 bridgehead atoms. The highest BCUT2D eigenvalue weighted by Crippen LogP contribution is 2.48. The summed E-state index contributed by atoms with van der Waals surface area (Å²) < 4.78 is 26.6. The number of halogens is 2. The Labute approximate surface area is 133 Å². The Bertz CT molecular complexity index is 715. The van der Waals surface area contributed by atoms with Gasteiger partial charge in [0, 0.05) is 24.2 Å². The number of anilines is 1. The maximum absolute atomic E-state index is 13.7. The van der Waals surface area contributed by atoms with Gasteiger partial charge in [0.2, 0.25) is 5.91 Å². The molecule has 1 saturated carbocycles. The third kappa shape index (κ3) is 3.67. The van der Waals surface area contributed by atoms with Crippen LogP contribution in [0.5, 0.6) is 0 Å². The SMILES string of the molecule is Nc1ccc(CCNC(=O)C2CC2c2ccc(F)cc2F)cc1. The van der Waals surface area contributed by atoms with E-state index in [0.29, 0.717) is 30.6 Å². The molecule has 3 rings (SSSR count). The number of amides is 1. The lowest BCUT2D eigenvalue weighted by atomic mass is 10.1. The molecule has 1 amide bonds. The Balaban J connectivity index is 1.49. The number of carbonyl (C=O) groups excluding carboxylic acids is 1. The summed E-state index contributed by atoms with van der Waals surface area (Å²) in [6, 6.07) is 11.0. The first kappa shape index (κ1) is 15.5. The predicted octanol–water partition coefficient (Wildman–Crippen LogP) is 3.01. The molecule has 0 spiro atoms. The van der Waals surface area contributed by atoms with Crippen LogP contribution in [0.4, 0.5) is 14.5 Å². The summed E-state index contributed by atoms with van der Waals surface area (Å²) in [4.78, 5) is 12.1. The second kappa shape index (κ2) is 6.36. The molecule has 0 radical (unpaired) electrons. The van der Waals surface area contributed by atoms with Crippen molar-refractivity contribution in [3.63, 3.8) is 0 Å². The molecule has 2 unspecified atom stereocenters. The quantitative estimate of drug-likeness (QED) is 0.833. The van der Waals surface area contributed by atoms with E-state index in [1.807, 2.05) is 24.3 Å². The maximum Gasteiger partial charge on any atom is 0.223 e. The molecule has 120 valence electrons. The van der Waals surface area contributed by atoms with Crippen LogP contribution < -0.4 is 11.1 Å². The molecule has 0 heterocycles. The fraction of sp³-hybridized carbons (Fsp3) is 0.278. The maximum atomic E-state index is 13.7. The number of nitrogens with one attached hydrogen (secondary N) is 1. The Hall–Kier alpha value is -2.43. The van der Waals surface area contributed by atoms with E-state index in [2.05, 4.69) is 5.32 Å². The van der Waals surface area contributed by atoms with Crippen LogP contribution in [0.15, 0.2) is 42.5 Å². The van der Waals surface area contributed by atoms with Gasteiger partial charge in [-0.3, -0.25) is 4.79 Å². The molecule has 0 aliphatic heterocycles. The van der Waals surface area contributed by atoms with Crippen LogP contribution >= 0.6 is 0 Å². The molecule has 1 aliphatic carbocycles. The van der Waals surface area contributed by atoms with E-state index in [4.69, 9.17) is 5.73 Å². The first-order valence-corrected chi connectivity index (χ1v) is 7.61. The fourth-order valence-corrected chi connectivity index (χ4v) is 2.78. The molecular weight excluding hydrogens is 298 g/mol. The summed E-state index contributed by atoms with van der Waals surface area (Å²) >= 11 is 0. The third-order valence-corrected chi connectivity index (χ3v) is 4.18. The minimum absolute atomic E-state index is 0.0748. The minimum atomic E-state index is -0.601. The third-order valence-electron chi connectivity index (χ3n) is 4.18. The van der Waals surface area contributed by atoms with E-state index in [1.165, 1.54) is 12.1 Å². The Morgan fingerprint density at radius 2 is 1.91 bits per heavy atom.